The molecular weight excluding hydrogens is 212 g/mol. The van der Waals surface area contributed by atoms with E-state index in [0.717, 1.165) is 32.0 Å². The van der Waals surface area contributed by atoms with Gasteiger partial charge in [-0.05, 0) is 46.0 Å². The highest BCUT2D eigenvalue weighted by atomic mass is 16.2. The zero-order valence-electron chi connectivity index (χ0n) is 11.9. The van der Waals surface area contributed by atoms with Gasteiger partial charge in [0.05, 0.1) is 0 Å². The van der Waals surface area contributed by atoms with E-state index in [0.29, 0.717) is 12.3 Å². The lowest BCUT2D eigenvalue weighted by atomic mass is 10.1. The van der Waals surface area contributed by atoms with Crippen molar-refractivity contribution in [1.82, 2.24) is 10.2 Å². The Morgan fingerprint density at radius 3 is 2.47 bits per heavy atom. The Labute approximate surface area is 106 Å². The molecule has 1 aliphatic carbocycles. The molecule has 1 N–H and O–H groups in total. The van der Waals surface area contributed by atoms with E-state index in [1.54, 1.807) is 0 Å². The van der Waals surface area contributed by atoms with Gasteiger partial charge in [0.2, 0.25) is 5.91 Å². The first kappa shape index (κ1) is 14.5. The van der Waals surface area contributed by atoms with E-state index in [9.17, 15) is 4.79 Å². The summed E-state index contributed by atoms with van der Waals surface area (Å²) in [7, 11) is 0. The van der Waals surface area contributed by atoms with E-state index in [1.807, 2.05) is 0 Å². The maximum Gasteiger partial charge on any atom is 0.223 e. The summed E-state index contributed by atoms with van der Waals surface area (Å²) in [6.45, 7) is 11.2. The van der Waals surface area contributed by atoms with Crippen molar-refractivity contribution >= 4 is 5.91 Å². The van der Waals surface area contributed by atoms with Gasteiger partial charge in [0.1, 0.15) is 0 Å². The molecule has 0 radical (unpaired) electrons. The average Bonchev–Trinajstić information content (AvgIpc) is 2.99. The molecule has 0 atom stereocenters. The summed E-state index contributed by atoms with van der Waals surface area (Å²) in [6, 6.07) is 0. The number of amides is 1. The van der Waals surface area contributed by atoms with E-state index < -0.39 is 0 Å². The molecule has 3 nitrogen and oxygen atoms in total. The molecular formula is C14H28N2O. The van der Waals surface area contributed by atoms with Gasteiger partial charge in [-0.15, -0.1) is 0 Å². The van der Waals surface area contributed by atoms with E-state index in [1.165, 1.54) is 12.8 Å². The molecule has 3 heteroatoms. The Kier molecular flexibility index (Phi) is 5.44. The Bertz CT molecular complexity index is 241. The predicted octanol–water partition coefficient (Wildman–Crippen LogP) is 2.41. The molecule has 0 spiro atoms. The van der Waals surface area contributed by atoms with E-state index in [4.69, 9.17) is 0 Å². The van der Waals surface area contributed by atoms with Crippen LogP contribution >= 0.6 is 0 Å². The van der Waals surface area contributed by atoms with Crippen LogP contribution in [0.15, 0.2) is 0 Å². The maximum absolute atomic E-state index is 12.1. The minimum Gasteiger partial charge on any atom is -0.342 e. The topological polar surface area (TPSA) is 32.3 Å². The maximum atomic E-state index is 12.1. The Morgan fingerprint density at radius 2 is 2.00 bits per heavy atom. The van der Waals surface area contributed by atoms with E-state index in [2.05, 4.69) is 37.9 Å². The molecule has 1 saturated carbocycles. The van der Waals surface area contributed by atoms with Crippen molar-refractivity contribution in [1.29, 1.82) is 0 Å². The molecule has 0 aromatic carbocycles. The number of carbonyl (C=O) groups is 1. The van der Waals surface area contributed by atoms with Gasteiger partial charge in [0.15, 0.2) is 0 Å². The molecule has 0 aromatic heterocycles. The third-order valence-electron chi connectivity index (χ3n) is 3.02. The summed E-state index contributed by atoms with van der Waals surface area (Å²) in [4.78, 5) is 14.1. The highest BCUT2D eigenvalue weighted by molar-refractivity contribution is 5.76. The van der Waals surface area contributed by atoms with Gasteiger partial charge in [-0.3, -0.25) is 4.79 Å². The second kappa shape index (κ2) is 6.39. The van der Waals surface area contributed by atoms with Crippen LogP contribution in [0.25, 0.3) is 0 Å². The summed E-state index contributed by atoms with van der Waals surface area (Å²) in [6.07, 6.45) is 4.32. The zero-order chi connectivity index (χ0) is 12.9. The standard InChI is InChI=1S/C14H28N2O/c1-5-10-16(11-12-6-7-12)13(17)8-9-15-14(2,3)4/h12,15H,5-11H2,1-4H3. The number of hydrogen-bond donors (Lipinski definition) is 1. The lowest BCUT2D eigenvalue weighted by molar-refractivity contribution is -0.131. The summed E-state index contributed by atoms with van der Waals surface area (Å²) < 4.78 is 0. The number of nitrogens with one attached hydrogen (secondary N) is 1. The van der Waals surface area contributed by atoms with Gasteiger partial charge < -0.3 is 10.2 Å². The molecule has 100 valence electrons. The van der Waals surface area contributed by atoms with Gasteiger partial charge in [-0.1, -0.05) is 6.92 Å². The van der Waals surface area contributed by atoms with Crippen LogP contribution in [0.3, 0.4) is 0 Å². The van der Waals surface area contributed by atoms with Gasteiger partial charge in [0, 0.05) is 31.6 Å². The first-order valence-corrected chi connectivity index (χ1v) is 6.95. The Balaban J connectivity index is 2.26. The van der Waals surface area contributed by atoms with Crippen LogP contribution in [0.2, 0.25) is 0 Å². The lowest BCUT2D eigenvalue weighted by Crippen LogP contribution is -2.40. The van der Waals surface area contributed by atoms with Gasteiger partial charge in [0.25, 0.3) is 0 Å². The number of nitrogens with zero attached hydrogens (tertiary/aromatic N) is 1. The average molecular weight is 240 g/mol. The van der Waals surface area contributed by atoms with Gasteiger partial charge >= 0.3 is 0 Å². The fourth-order valence-corrected chi connectivity index (χ4v) is 1.90. The molecule has 0 aromatic rings. The molecule has 17 heavy (non-hydrogen) atoms. The van der Waals surface area contributed by atoms with Crippen molar-refractivity contribution in [2.75, 3.05) is 19.6 Å². The van der Waals surface area contributed by atoms with Gasteiger partial charge in [-0.2, -0.15) is 0 Å². The number of carbonyl (C=O) groups excluding carboxylic acids is 1. The fraction of sp³-hybridized carbons (Fsp3) is 0.929. The van der Waals surface area contributed by atoms with Crippen LogP contribution in [0.4, 0.5) is 0 Å². The molecule has 1 fully saturated rings. The second-order valence-electron chi connectivity index (χ2n) is 6.21. The fourth-order valence-electron chi connectivity index (χ4n) is 1.90. The number of hydrogen-bond acceptors (Lipinski definition) is 2. The molecule has 0 saturated heterocycles. The second-order valence-corrected chi connectivity index (χ2v) is 6.21. The highest BCUT2D eigenvalue weighted by Crippen LogP contribution is 2.29. The first-order valence-electron chi connectivity index (χ1n) is 6.95. The molecule has 0 heterocycles. The van der Waals surface area contributed by atoms with Crippen molar-refractivity contribution in [3.8, 4) is 0 Å². The SMILES string of the molecule is CCCN(CC1CC1)C(=O)CCNC(C)(C)C. The van der Waals surface area contributed by atoms with E-state index >= 15 is 0 Å². The molecule has 0 aliphatic heterocycles. The van der Waals surface area contributed by atoms with Crippen LogP contribution in [-0.4, -0.2) is 36.0 Å². The molecule has 1 amide bonds. The highest BCUT2D eigenvalue weighted by Gasteiger charge is 2.26. The normalized spacial score (nSPS) is 16.0. The van der Waals surface area contributed by atoms with Crippen LogP contribution in [0.5, 0.6) is 0 Å². The third-order valence-corrected chi connectivity index (χ3v) is 3.02. The van der Waals surface area contributed by atoms with Crippen molar-refractivity contribution in [3.05, 3.63) is 0 Å². The largest absolute Gasteiger partial charge is 0.342 e. The molecule has 1 aliphatic rings. The van der Waals surface area contributed by atoms with Crippen molar-refractivity contribution in [3.63, 3.8) is 0 Å². The molecule has 0 unspecified atom stereocenters. The van der Waals surface area contributed by atoms with Crippen LogP contribution in [0.1, 0.15) is 53.4 Å². The minimum atomic E-state index is 0.104. The van der Waals surface area contributed by atoms with Crippen molar-refractivity contribution in [2.45, 2.75) is 58.9 Å². The van der Waals surface area contributed by atoms with Crippen molar-refractivity contribution in [2.24, 2.45) is 5.92 Å². The summed E-state index contributed by atoms with van der Waals surface area (Å²) in [5.74, 6) is 1.11. The Hall–Kier alpha value is -0.570. The minimum absolute atomic E-state index is 0.104. The predicted molar refractivity (Wildman–Crippen MR) is 72.0 cm³/mol. The smallest absolute Gasteiger partial charge is 0.223 e. The van der Waals surface area contributed by atoms with E-state index in [-0.39, 0.29) is 5.54 Å². The quantitative estimate of drug-likeness (QED) is 0.741. The lowest BCUT2D eigenvalue weighted by Gasteiger charge is -2.24. The van der Waals surface area contributed by atoms with Gasteiger partial charge in [-0.25, -0.2) is 0 Å². The Morgan fingerprint density at radius 1 is 1.35 bits per heavy atom. The third kappa shape index (κ3) is 6.67. The summed E-state index contributed by atoms with van der Waals surface area (Å²) in [5.41, 5.74) is 0.104. The van der Waals surface area contributed by atoms with Crippen LogP contribution in [0, 0.1) is 5.92 Å². The zero-order valence-corrected chi connectivity index (χ0v) is 11.9. The molecule has 1 rings (SSSR count). The van der Waals surface area contributed by atoms with Crippen molar-refractivity contribution < 1.29 is 4.79 Å². The summed E-state index contributed by atoms with van der Waals surface area (Å²) in [5, 5.41) is 3.37. The molecule has 0 bridgehead atoms. The number of rotatable bonds is 7. The van der Waals surface area contributed by atoms with Crippen LogP contribution < -0.4 is 5.32 Å². The monoisotopic (exact) mass is 240 g/mol. The van der Waals surface area contributed by atoms with Crippen LogP contribution in [-0.2, 0) is 4.79 Å². The summed E-state index contributed by atoms with van der Waals surface area (Å²) >= 11 is 0. The first-order chi connectivity index (χ1) is 7.92.